The number of aryl methyl sites for hydroxylation is 1. The van der Waals surface area contributed by atoms with E-state index in [1.54, 1.807) is 6.07 Å². The number of amides is 1. The first-order chi connectivity index (χ1) is 13.1. The Bertz CT molecular complexity index is 868. The number of rotatable bonds is 6. The van der Waals surface area contributed by atoms with Gasteiger partial charge in [0.25, 0.3) is 5.91 Å². The van der Waals surface area contributed by atoms with Crippen LogP contribution < -0.4 is 5.32 Å². The molecule has 3 rings (SSSR count). The minimum atomic E-state index is -0.570. The van der Waals surface area contributed by atoms with Crippen LogP contribution in [0.5, 0.6) is 0 Å². The highest BCUT2D eigenvalue weighted by Gasteiger charge is 2.24. The maximum Gasteiger partial charge on any atom is 0.318 e. The molecule has 4 nitrogen and oxygen atoms in total. The molecule has 3 aromatic carbocycles. The van der Waals surface area contributed by atoms with Gasteiger partial charge in [0, 0.05) is 5.69 Å². The monoisotopic (exact) mass is 359 g/mol. The second-order valence-electron chi connectivity index (χ2n) is 6.28. The van der Waals surface area contributed by atoms with Gasteiger partial charge >= 0.3 is 5.97 Å². The SMILES string of the molecule is Cc1cccc(NC(=O)COC(=O)C(c2ccccc2)c2ccccc2)c1. The average Bonchev–Trinajstić information content (AvgIpc) is 2.68. The molecule has 0 fully saturated rings. The van der Waals surface area contributed by atoms with Gasteiger partial charge in [0.2, 0.25) is 0 Å². The van der Waals surface area contributed by atoms with Crippen LogP contribution in [0.3, 0.4) is 0 Å². The van der Waals surface area contributed by atoms with Crippen LogP contribution in [-0.2, 0) is 14.3 Å². The number of carbonyl (C=O) groups is 2. The summed E-state index contributed by atoms with van der Waals surface area (Å²) < 4.78 is 5.33. The molecule has 0 aliphatic heterocycles. The molecular formula is C23H21NO3. The van der Waals surface area contributed by atoms with Gasteiger partial charge in [-0.05, 0) is 35.7 Å². The van der Waals surface area contributed by atoms with Crippen molar-refractivity contribution in [2.24, 2.45) is 0 Å². The minimum absolute atomic E-state index is 0.330. The summed E-state index contributed by atoms with van der Waals surface area (Å²) in [5, 5.41) is 2.74. The first-order valence-electron chi connectivity index (χ1n) is 8.76. The Balaban J connectivity index is 1.69. The molecule has 0 saturated carbocycles. The topological polar surface area (TPSA) is 55.4 Å². The van der Waals surface area contributed by atoms with Gasteiger partial charge in [-0.2, -0.15) is 0 Å². The fourth-order valence-corrected chi connectivity index (χ4v) is 2.90. The smallest absolute Gasteiger partial charge is 0.318 e. The summed E-state index contributed by atoms with van der Waals surface area (Å²) in [6, 6.07) is 26.3. The van der Waals surface area contributed by atoms with Crippen molar-refractivity contribution < 1.29 is 14.3 Å². The number of benzene rings is 3. The predicted octanol–water partition coefficient (Wildman–Crippen LogP) is 4.31. The lowest BCUT2D eigenvalue weighted by molar-refractivity contribution is -0.147. The van der Waals surface area contributed by atoms with E-state index in [9.17, 15) is 9.59 Å². The fourth-order valence-electron chi connectivity index (χ4n) is 2.90. The number of anilines is 1. The molecule has 1 N–H and O–H groups in total. The van der Waals surface area contributed by atoms with Crippen LogP contribution in [0.25, 0.3) is 0 Å². The van der Waals surface area contributed by atoms with E-state index in [-0.39, 0.29) is 12.5 Å². The number of ether oxygens (including phenoxy) is 1. The maximum absolute atomic E-state index is 12.8. The molecule has 4 heteroatoms. The Kier molecular flexibility index (Phi) is 6.00. The van der Waals surface area contributed by atoms with Crippen molar-refractivity contribution in [3.8, 4) is 0 Å². The summed E-state index contributed by atoms with van der Waals surface area (Å²) in [5.41, 5.74) is 3.37. The van der Waals surface area contributed by atoms with Crippen LogP contribution in [0.1, 0.15) is 22.6 Å². The van der Waals surface area contributed by atoms with E-state index in [0.29, 0.717) is 5.69 Å². The van der Waals surface area contributed by atoms with E-state index >= 15 is 0 Å². The van der Waals surface area contributed by atoms with Gasteiger partial charge in [0.05, 0.1) is 0 Å². The molecule has 0 atom stereocenters. The highest BCUT2D eigenvalue weighted by atomic mass is 16.5. The second kappa shape index (κ2) is 8.81. The first kappa shape index (κ1) is 18.4. The molecule has 0 aromatic heterocycles. The molecule has 0 bridgehead atoms. The van der Waals surface area contributed by atoms with Gasteiger partial charge < -0.3 is 10.1 Å². The predicted molar refractivity (Wildman–Crippen MR) is 105 cm³/mol. The Hall–Kier alpha value is -3.40. The molecule has 0 spiro atoms. The zero-order chi connectivity index (χ0) is 19.1. The molecule has 3 aromatic rings. The molecule has 27 heavy (non-hydrogen) atoms. The molecule has 1 amide bonds. The van der Waals surface area contributed by atoms with Crippen molar-refractivity contribution in [1.29, 1.82) is 0 Å². The first-order valence-corrected chi connectivity index (χ1v) is 8.76. The lowest BCUT2D eigenvalue weighted by Gasteiger charge is -2.17. The van der Waals surface area contributed by atoms with Gasteiger partial charge in [-0.1, -0.05) is 72.8 Å². The number of hydrogen-bond donors (Lipinski definition) is 1. The summed E-state index contributed by atoms with van der Waals surface area (Å²) in [4.78, 5) is 24.9. The van der Waals surface area contributed by atoms with E-state index in [0.717, 1.165) is 16.7 Å². The summed E-state index contributed by atoms with van der Waals surface area (Å²) in [7, 11) is 0. The molecule has 0 unspecified atom stereocenters. The lowest BCUT2D eigenvalue weighted by atomic mass is 9.91. The molecular weight excluding hydrogens is 338 g/mol. The van der Waals surface area contributed by atoms with Crippen LogP contribution in [0.2, 0.25) is 0 Å². The van der Waals surface area contributed by atoms with Gasteiger partial charge in [0.1, 0.15) is 5.92 Å². The van der Waals surface area contributed by atoms with Gasteiger partial charge in [-0.15, -0.1) is 0 Å². The summed E-state index contributed by atoms with van der Waals surface area (Å²) in [6.07, 6.45) is 0. The molecule has 0 aliphatic carbocycles. The quantitative estimate of drug-likeness (QED) is 0.667. The average molecular weight is 359 g/mol. The number of hydrogen-bond acceptors (Lipinski definition) is 3. The third-order valence-corrected chi connectivity index (χ3v) is 4.15. The summed E-state index contributed by atoms with van der Waals surface area (Å²) in [5.74, 6) is -1.39. The zero-order valence-electron chi connectivity index (χ0n) is 15.1. The van der Waals surface area contributed by atoms with Crippen molar-refractivity contribution in [3.63, 3.8) is 0 Å². The standard InChI is InChI=1S/C23H21NO3/c1-17-9-8-14-20(15-17)24-21(25)16-27-23(26)22(18-10-4-2-5-11-18)19-12-6-3-7-13-19/h2-15,22H,16H2,1H3,(H,24,25). The van der Waals surface area contributed by atoms with Gasteiger partial charge in [-0.25, -0.2) is 0 Å². The van der Waals surface area contributed by atoms with E-state index in [2.05, 4.69) is 5.32 Å². The van der Waals surface area contributed by atoms with Crippen LogP contribution in [0, 0.1) is 6.92 Å². The van der Waals surface area contributed by atoms with E-state index in [1.807, 2.05) is 85.8 Å². The van der Waals surface area contributed by atoms with Crippen LogP contribution >= 0.6 is 0 Å². The third-order valence-electron chi connectivity index (χ3n) is 4.15. The molecule has 0 heterocycles. The van der Waals surface area contributed by atoms with Crippen molar-refractivity contribution in [3.05, 3.63) is 102 Å². The van der Waals surface area contributed by atoms with Crippen LogP contribution in [0.15, 0.2) is 84.9 Å². The summed E-state index contributed by atoms with van der Waals surface area (Å²) >= 11 is 0. The maximum atomic E-state index is 12.8. The Morgan fingerprint density at radius 3 is 2.00 bits per heavy atom. The second-order valence-corrected chi connectivity index (χ2v) is 6.28. The number of carbonyl (C=O) groups excluding carboxylic acids is 2. The minimum Gasteiger partial charge on any atom is -0.455 e. The molecule has 0 aliphatic rings. The van der Waals surface area contributed by atoms with Crippen molar-refractivity contribution in [1.82, 2.24) is 0 Å². The highest BCUT2D eigenvalue weighted by molar-refractivity contribution is 5.93. The van der Waals surface area contributed by atoms with Crippen LogP contribution in [-0.4, -0.2) is 18.5 Å². The largest absolute Gasteiger partial charge is 0.455 e. The van der Waals surface area contributed by atoms with Crippen molar-refractivity contribution in [2.75, 3.05) is 11.9 Å². The van der Waals surface area contributed by atoms with E-state index < -0.39 is 11.9 Å². The van der Waals surface area contributed by atoms with E-state index in [1.165, 1.54) is 0 Å². The lowest BCUT2D eigenvalue weighted by Crippen LogP contribution is -2.24. The van der Waals surface area contributed by atoms with Crippen molar-refractivity contribution >= 4 is 17.6 Å². The third kappa shape index (κ3) is 5.05. The number of esters is 1. The molecule has 0 radical (unpaired) electrons. The van der Waals surface area contributed by atoms with Crippen LogP contribution in [0.4, 0.5) is 5.69 Å². The Morgan fingerprint density at radius 1 is 0.852 bits per heavy atom. The molecule has 0 saturated heterocycles. The highest BCUT2D eigenvalue weighted by Crippen LogP contribution is 2.25. The van der Waals surface area contributed by atoms with Gasteiger partial charge in [-0.3, -0.25) is 9.59 Å². The summed E-state index contributed by atoms with van der Waals surface area (Å²) in [6.45, 7) is 1.61. The Morgan fingerprint density at radius 2 is 1.44 bits per heavy atom. The van der Waals surface area contributed by atoms with Gasteiger partial charge in [0.15, 0.2) is 6.61 Å². The fraction of sp³-hybridized carbons (Fsp3) is 0.130. The van der Waals surface area contributed by atoms with Crippen molar-refractivity contribution in [2.45, 2.75) is 12.8 Å². The molecule has 136 valence electrons. The zero-order valence-corrected chi connectivity index (χ0v) is 15.1. The Labute approximate surface area is 158 Å². The normalized spacial score (nSPS) is 10.4. The number of nitrogens with one attached hydrogen (secondary N) is 1. The van der Waals surface area contributed by atoms with E-state index in [4.69, 9.17) is 4.74 Å².